The third-order valence-corrected chi connectivity index (χ3v) is 5.67. The summed E-state index contributed by atoms with van der Waals surface area (Å²) in [5.74, 6) is 0.195. The van der Waals surface area contributed by atoms with Gasteiger partial charge in [-0.1, -0.05) is 43.3 Å². The van der Waals surface area contributed by atoms with Gasteiger partial charge in [0.05, 0.1) is 0 Å². The lowest BCUT2D eigenvalue weighted by molar-refractivity contribution is -0.154. The van der Waals surface area contributed by atoms with E-state index in [2.05, 4.69) is 6.92 Å². The maximum absolute atomic E-state index is 13.0. The highest BCUT2D eigenvalue weighted by Crippen LogP contribution is 2.44. The number of benzene rings is 2. The monoisotopic (exact) mass is 379 g/mol. The molecule has 1 amide bonds. The van der Waals surface area contributed by atoms with Crippen LogP contribution in [0.4, 0.5) is 0 Å². The van der Waals surface area contributed by atoms with Crippen LogP contribution in [0, 0.1) is 0 Å². The highest BCUT2D eigenvalue weighted by atomic mass is 16.5. The van der Waals surface area contributed by atoms with Crippen LogP contribution in [0.2, 0.25) is 0 Å². The molecule has 0 N–H and O–H groups in total. The van der Waals surface area contributed by atoms with Crippen molar-refractivity contribution in [2.75, 3.05) is 13.2 Å². The van der Waals surface area contributed by atoms with Crippen LogP contribution >= 0.6 is 0 Å². The second-order valence-electron chi connectivity index (χ2n) is 7.36. The van der Waals surface area contributed by atoms with E-state index in [1.54, 1.807) is 0 Å². The first kappa shape index (κ1) is 18.5. The molecule has 4 rings (SSSR count). The van der Waals surface area contributed by atoms with Crippen molar-refractivity contribution in [2.45, 2.75) is 44.6 Å². The summed E-state index contributed by atoms with van der Waals surface area (Å²) in [4.78, 5) is 27.6. The van der Waals surface area contributed by atoms with E-state index in [0.717, 1.165) is 43.4 Å². The van der Waals surface area contributed by atoms with Gasteiger partial charge in [0, 0.05) is 23.7 Å². The first-order chi connectivity index (χ1) is 13.7. The zero-order valence-electron chi connectivity index (χ0n) is 16.1. The Balaban J connectivity index is 1.51. The Kier molecular flexibility index (Phi) is 5.33. The highest BCUT2D eigenvalue weighted by Gasteiger charge is 2.34. The average molecular weight is 379 g/mol. The Hall–Kier alpha value is -2.82. The minimum absolute atomic E-state index is 0.103. The zero-order chi connectivity index (χ0) is 19.5. The molecule has 2 aliphatic heterocycles. The third-order valence-electron chi connectivity index (χ3n) is 5.67. The van der Waals surface area contributed by atoms with Crippen LogP contribution in [0.1, 0.15) is 49.7 Å². The fraction of sp³-hybridized carbons (Fsp3) is 0.391. The van der Waals surface area contributed by atoms with Gasteiger partial charge in [-0.3, -0.25) is 9.59 Å². The number of nitrogens with zero attached hydrogens (tertiary/aromatic N) is 1. The average Bonchev–Trinajstić information content (AvgIpc) is 2.75. The van der Waals surface area contributed by atoms with Gasteiger partial charge >= 0.3 is 5.97 Å². The summed E-state index contributed by atoms with van der Waals surface area (Å²) in [6.45, 7) is 2.63. The van der Waals surface area contributed by atoms with Crippen molar-refractivity contribution in [2.24, 2.45) is 0 Å². The van der Waals surface area contributed by atoms with Gasteiger partial charge in [-0.2, -0.15) is 0 Å². The predicted octanol–water partition coefficient (Wildman–Crippen LogP) is 4.26. The fourth-order valence-corrected chi connectivity index (χ4v) is 4.22. The van der Waals surface area contributed by atoms with Crippen LogP contribution in [0.3, 0.4) is 0 Å². The van der Waals surface area contributed by atoms with Crippen molar-refractivity contribution >= 4 is 11.9 Å². The van der Waals surface area contributed by atoms with Crippen molar-refractivity contribution in [3.05, 3.63) is 59.7 Å². The molecule has 2 aromatic carbocycles. The molecule has 28 heavy (non-hydrogen) atoms. The molecule has 0 spiro atoms. The summed E-state index contributed by atoms with van der Waals surface area (Å²) in [5, 5.41) is 0. The third kappa shape index (κ3) is 3.49. The normalized spacial score (nSPS) is 18.6. The topological polar surface area (TPSA) is 55.8 Å². The van der Waals surface area contributed by atoms with Gasteiger partial charge in [-0.15, -0.1) is 0 Å². The van der Waals surface area contributed by atoms with Gasteiger partial charge < -0.3 is 14.4 Å². The number of rotatable bonds is 4. The van der Waals surface area contributed by atoms with Gasteiger partial charge in [-0.05, 0) is 37.8 Å². The number of hydrogen-bond donors (Lipinski definition) is 0. The number of amides is 1. The molecule has 1 atom stereocenters. The number of hydrogen-bond acceptors (Lipinski definition) is 4. The molecule has 0 saturated carbocycles. The smallest absolute Gasteiger partial charge is 0.318 e. The van der Waals surface area contributed by atoms with Crippen molar-refractivity contribution < 1.29 is 19.1 Å². The van der Waals surface area contributed by atoms with Crippen molar-refractivity contribution in [3.63, 3.8) is 0 Å². The Bertz CT molecular complexity index is 833. The molecule has 0 radical (unpaired) electrons. The number of carbonyl (C=O) groups excluding carboxylic acids is 2. The van der Waals surface area contributed by atoms with E-state index >= 15 is 0 Å². The molecule has 0 bridgehead atoms. The Labute approximate surface area is 165 Å². The van der Waals surface area contributed by atoms with E-state index in [0.29, 0.717) is 11.5 Å². The lowest BCUT2D eigenvalue weighted by Crippen LogP contribution is -2.45. The quantitative estimate of drug-likeness (QED) is 0.745. The zero-order valence-corrected chi connectivity index (χ0v) is 16.1. The molecule has 0 aliphatic carbocycles. The first-order valence-electron chi connectivity index (χ1n) is 10.0. The molecule has 2 heterocycles. The SMILES string of the molecule is CC[C@H]1CCCCN1C(=O)COC(=O)C1c2ccccc2Oc2ccccc21. The number of para-hydroxylation sites is 2. The lowest BCUT2D eigenvalue weighted by atomic mass is 9.88. The molecular formula is C23H25NO4. The summed E-state index contributed by atoms with van der Waals surface area (Å²) in [6.07, 6.45) is 4.12. The minimum Gasteiger partial charge on any atom is -0.457 e. The van der Waals surface area contributed by atoms with E-state index in [1.807, 2.05) is 53.4 Å². The Morgan fingerprint density at radius 3 is 2.32 bits per heavy atom. The molecule has 1 fully saturated rings. The van der Waals surface area contributed by atoms with Crippen molar-refractivity contribution in [3.8, 4) is 11.5 Å². The molecule has 5 heteroatoms. The van der Waals surface area contributed by atoms with E-state index in [-0.39, 0.29) is 18.6 Å². The maximum Gasteiger partial charge on any atom is 0.318 e. The number of esters is 1. The Morgan fingerprint density at radius 1 is 1.04 bits per heavy atom. The van der Waals surface area contributed by atoms with Crippen molar-refractivity contribution in [1.82, 2.24) is 4.90 Å². The molecule has 146 valence electrons. The second kappa shape index (κ2) is 8.05. The number of piperidine rings is 1. The standard InChI is InChI=1S/C23H25NO4/c1-2-16-9-7-8-14-24(16)21(25)15-27-23(26)22-17-10-3-5-12-19(17)28-20-13-6-4-11-18(20)22/h3-6,10-13,16,22H,2,7-9,14-15H2,1H3/t16-/m0/s1. The molecule has 1 saturated heterocycles. The van der Waals surface area contributed by atoms with Gasteiger partial charge in [0.1, 0.15) is 17.4 Å². The van der Waals surface area contributed by atoms with Crippen LogP contribution in [0.15, 0.2) is 48.5 Å². The molecule has 2 aliphatic rings. The fourth-order valence-electron chi connectivity index (χ4n) is 4.22. The van der Waals surface area contributed by atoms with Crippen molar-refractivity contribution in [1.29, 1.82) is 0 Å². The predicted molar refractivity (Wildman–Crippen MR) is 105 cm³/mol. The second-order valence-corrected chi connectivity index (χ2v) is 7.36. The molecule has 5 nitrogen and oxygen atoms in total. The summed E-state index contributed by atoms with van der Waals surface area (Å²) in [7, 11) is 0. The summed E-state index contributed by atoms with van der Waals surface area (Å²) in [5.41, 5.74) is 1.53. The van der Waals surface area contributed by atoms with Gasteiger partial charge in [-0.25, -0.2) is 0 Å². The molecule has 0 aromatic heterocycles. The number of carbonyl (C=O) groups is 2. The van der Waals surface area contributed by atoms with Crippen LogP contribution in [0.25, 0.3) is 0 Å². The van der Waals surface area contributed by atoms with Crippen LogP contribution in [0.5, 0.6) is 11.5 Å². The minimum atomic E-state index is -0.586. The molecule has 0 unspecified atom stereocenters. The van der Waals surface area contributed by atoms with E-state index in [1.165, 1.54) is 0 Å². The summed E-state index contributed by atoms with van der Waals surface area (Å²) in [6, 6.07) is 15.2. The van der Waals surface area contributed by atoms with Gasteiger partial charge in [0.15, 0.2) is 6.61 Å². The van der Waals surface area contributed by atoms with Gasteiger partial charge in [0.25, 0.3) is 5.91 Å². The highest BCUT2D eigenvalue weighted by molar-refractivity contribution is 5.88. The van der Waals surface area contributed by atoms with Crippen LogP contribution < -0.4 is 4.74 Å². The maximum atomic E-state index is 13.0. The van der Waals surface area contributed by atoms with E-state index < -0.39 is 11.9 Å². The molecule has 2 aromatic rings. The molecular weight excluding hydrogens is 354 g/mol. The van der Waals surface area contributed by atoms with E-state index in [9.17, 15) is 9.59 Å². The summed E-state index contributed by atoms with van der Waals surface area (Å²) >= 11 is 0. The lowest BCUT2D eigenvalue weighted by Gasteiger charge is -2.35. The van der Waals surface area contributed by atoms with Crippen LogP contribution in [-0.2, 0) is 14.3 Å². The Morgan fingerprint density at radius 2 is 1.68 bits per heavy atom. The first-order valence-corrected chi connectivity index (χ1v) is 10.0. The largest absolute Gasteiger partial charge is 0.457 e. The van der Waals surface area contributed by atoms with Gasteiger partial charge in [0.2, 0.25) is 0 Å². The number of fused-ring (bicyclic) bond motifs is 2. The summed E-state index contributed by atoms with van der Waals surface area (Å²) < 4.78 is 11.4. The van der Waals surface area contributed by atoms with Crippen LogP contribution in [-0.4, -0.2) is 36.0 Å². The number of ether oxygens (including phenoxy) is 2. The van der Waals surface area contributed by atoms with E-state index in [4.69, 9.17) is 9.47 Å². The number of likely N-dealkylation sites (tertiary alicyclic amines) is 1.